The van der Waals surface area contributed by atoms with Crippen molar-refractivity contribution in [1.82, 2.24) is 31.9 Å². The van der Waals surface area contributed by atoms with Crippen LogP contribution in [0, 0.1) is 0 Å². The Labute approximate surface area is 315 Å². The maximum Gasteiger partial charge on any atom is 0.0295 e. The second-order valence-corrected chi connectivity index (χ2v) is 17.0. The average Bonchev–Trinajstić information content (AvgIpc) is 3.18. The molecule has 6 N–H and O–H groups in total. The van der Waals surface area contributed by atoms with Gasteiger partial charge in [0.05, 0.1) is 0 Å². The van der Waals surface area contributed by atoms with Crippen LogP contribution in [0.3, 0.4) is 0 Å². The van der Waals surface area contributed by atoms with Gasteiger partial charge in [0.1, 0.15) is 0 Å². The van der Waals surface area contributed by atoms with Crippen molar-refractivity contribution in [2.24, 2.45) is 0 Å². The maximum atomic E-state index is 4.06. The van der Waals surface area contributed by atoms with Gasteiger partial charge in [0.15, 0.2) is 0 Å². The van der Waals surface area contributed by atoms with Gasteiger partial charge in [-0.2, -0.15) is 0 Å². The fourth-order valence-electron chi connectivity index (χ4n) is 9.77. The predicted octanol–water partition coefficient (Wildman–Crippen LogP) is 8.82. The molecule has 282 valence electrons. The molecule has 7 aliphatic rings. The van der Waals surface area contributed by atoms with E-state index in [1.54, 1.807) is 0 Å². The van der Waals surface area contributed by atoms with Gasteiger partial charge in [-0.25, -0.2) is 0 Å². The van der Waals surface area contributed by atoms with Crippen LogP contribution in [-0.4, -0.2) is 36.3 Å². The first-order valence-electron chi connectivity index (χ1n) is 21.2. The molecule has 6 heteroatoms. The molecule has 0 amide bonds. The average molecular weight is 705 g/mol. The van der Waals surface area contributed by atoms with E-state index in [4.69, 9.17) is 0 Å². The van der Waals surface area contributed by atoms with Gasteiger partial charge in [-0.15, -0.1) is 0 Å². The van der Waals surface area contributed by atoms with Gasteiger partial charge in [-0.3, -0.25) is 0 Å². The van der Waals surface area contributed by atoms with Crippen molar-refractivity contribution in [2.45, 2.75) is 178 Å². The Balaban J connectivity index is 1.09. The molecule has 10 rings (SSSR count). The van der Waals surface area contributed by atoms with Gasteiger partial charge >= 0.3 is 0 Å². The van der Waals surface area contributed by atoms with Crippen LogP contribution < -0.4 is 31.9 Å². The summed E-state index contributed by atoms with van der Waals surface area (Å²) in [6.07, 6.45) is 15.3. The molecule has 10 atom stereocenters. The first kappa shape index (κ1) is 37.7. The van der Waals surface area contributed by atoms with Crippen molar-refractivity contribution in [3.05, 3.63) is 106 Å². The minimum atomic E-state index is 0.314. The van der Waals surface area contributed by atoms with E-state index in [2.05, 4.69) is 132 Å². The highest BCUT2D eigenvalue weighted by atomic mass is 15.1. The third kappa shape index (κ3) is 9.74. The van der Waals surface area contributed by atoms with Crippen LogP contribution in [0.25, 0.3) is 0 Å². The highest BCUT2D eigenvalue weighted by Gasteiger charge is 2.30. The first-order chi connectivity index (χ1) is 25.4. The molecule has 52 heavy (non-hydrogen) atoms. The molecule has 3 aromatic rings. The summed E-state index contributed by atoms with van der Waals surface area (Å²) in [5.74, 6) is 0. The summed E-state index contributed by atoms with van der Waals surface area (Å²) in [7, 11) is 0. The van der Waals surface area contributed by atoms with Crippen molar-refractivity contribution in [1.29, 1.82) is 0 Å². The standard InChI is InChI=1S/C46H68N6/c1-31-37-21-25-39(26-22-37)33(3)51-45-15-9-10-16-46(45)52-34(4)40-27-23-38(24-28-40)32(2)50-44-14-8-6-12-42(44)48-30-36-19-17-35(18-20-36)29-47-41-11-5-7-13-43(41)49-31/h17-28,31-34,41-52H,5-16,29-30H2,1-4H3/t31?,32?,33?,34?,41-,42-,43-,44-,45+,46+/m1/s1. The minimum absolute atomic E-state index is 0.314. The summed E-state index contributed by atoms with van der Waals surface area (Å²) >= 11 is 0. The normalized spacial score (nSPS) is 34.2. The topological polar surface area (TPSA) is 72.2 Å². The van der Waals surface area contributed by atoms with E-state index in [0.717, 1.165) is 13.1 Å². The molecule has 6 bridgehead atoms. The monoisotopic (exact) mass is 705 g/mol. The van der Waals surface area contributed by atoms with Crippen molar-refractivity contribution in [3.63, 3.8) is 0 Å². The number of hydrogen-bond donors (Lipinski definition) is 6. The molecule has 4 heterocycles. The number of benzene rings is 3. The minimum Gasteiger partial charge on any atom is -0.308 e. The van der Waals surface area contributed by atoms with Gasteiger partial charge in [0.2, 0.25) is 0 Å². The molecule has 3 fully saturated rings. The number of rotatable bonds is 0. The van der Waals surface area contributed by atoms with Crippen LogP contribution in [0.15, 0.2) is 72.8 Å². The number of fused-ring (bicyclic) bond motifs is 3. The molecule has 6 nitrogen and oxygen atoms in total. The highest BCUT2D eigenvalue weighted by Crippen LogP contribution is 2.28. The number of hydrogen-bond acceptors (Lipinski definition) is 6. The van der Waals surface area contributed by atoms with E-state index in [-0.39, 0.29) is 0 Å². The van der Waals surface area contributed by atoms with Crippen molar-refractivity contribution in [2.75, 3.05) is 0 Å². The Bertz CT molecular complexity index is 1390. The molecular formula is C46H68N6. The van der Waals surface area contributed by atoms with E-state index in [0.29, 0.717) is 60.4 Å². The van der Waals surface area contributed by atoms with E-state index in [1.165, 1.54) is 110 Å². The zero-order valence-corrected chi connectivity index (χ0v) is 32.6. The van der Waals surface area contributed by atoms with E-state index < -0.39 is 0 Å². The third-order valence-corrected chi connectivity index (χ3v) is 13.2. The molecule has 4 unspecified atom stereocenters. The smallest absolute Gasteiger partial charge is 0.0295 e. The van der Waals surface area contributed by atoms with Crippen LogP contribution >= 0.6 is 0 Å². The lowest BCUT2D eigenvalue weighted by Gasteiger charge is -2.37. The number of nitrogens with one attached hydrogen (secondary N) is 6. The molecule has 0 aromatic heterocycles. The summed E-state index contributed by atoms with van der Waals surface area (Å²) < 4.78 is 0. The zero-order chi connectivity index (χ0) is 35.9. The fourth-order valence-corrected chi connectivity index (χ4v) is 9.77. The molecule has 0 radical (unpaired) electrons. The van der Waals surface area contributed by atoms with Crippen LogP contribution in [0.5, 0.6) is 0 Å². The van der Waals surface area contributed by atoms with Crippen LogP contribution in [0.2, 0.25) is 0 Å². The lowest BCUT2D eigenvalue weighted by atomic mass is 9.88. The van der Waals surface area contributed by atoms with Crippen molar-refractivity contribution >= 4 is 0 Å². The zero-order valence-electron chi connectivity index (χ0n) is 32.6. The molecule has 3 saturated carbocycles. The van der Waals surface area contributed by atoms with Gasteiger partial charge < -0.3 is 31.9 Å². The third-order valence-electron chi connectivity index (χ3n) is 13.2. The molecule has 0 saturated heterocycles. The SMILES string of the molecule is CC1N[C@H]2CCCC[C@@H]2NC(C)c2ccc(cc2)C(C)N[C@@H]2CCCC[C@H]2NCc2ccc(cc2)CN[C@@H]2CCCC[C@H]2NC(C)c2ccc1cc2. The molecule has 3 aliphatic carbocycles. The predicted molar refractivity (Wildman–Crippen MR) is 217 cm³/mol. The van der Waals surface area contributed by atoms with Crippen LogP contribution in [0.1, 0.15) is 162 Å². The largest absolute Gasteiger partial charge is 0.308 e. The van der Waals surface area contributed by atoms with Gasteiger partial charge in [0.25, 0.3) is 0 Å². The van der Waals surface area contributed by atoms with Crippen molar-refractivity contribution < 1.29 is 0 Å². The quantitative estimate of drug-likeness (QED) is 0.141. The Morgan fingerprint density at radius 1 is 0.327 bits per heavy atom. The van der Waals surface area contributed by atoms with E-state index in [9.17, 15) is 0 Å². The summed E-state index contributed by atoms with van der Waals surface area (Å²) in [4.78, 5) is 0. The Hall–Kier alpha value is -2.58. The van der Waals surface area contributed by atoms with E-state index >= 15 is 0 Å². The summed E-state index contributed by atoms with van der Waals surface area (Å²) in [5.41, 5.74) is 8.27. The second-order valence-electron chi connectivity index (χ2n) is 17.0. The lowest BCUT2D eigenvalue weighted by molar-refractivity contribution is 0.253. The Morgan fingerprint density at radius 2 is 0.558 bits per heavy atom. The second kappa shape index (κ2) is 18.2. The summed E-state index contributed by atoms with van der Waals surface area (Å²) in [5, 5.41) is 24.1. The Kier molecular flexibility index (Phi) is 13.2. The van der Waals surface area contributed by atoms with Crippen LogP contribution in [0.4, 0.5) is 0 Å². The molecule has 3 aromatic carbocycles. The molecule has 4 aliphatic heterocycles. The van der Waals surface area contributed by atoms with Gasteiger partial charge in [-0.1, -0.05) is 111 Å². The van der Waals surface area contributed by atoms with Gasteiger partial charge in [0, 0.05) is 73.5 Å². The maximum absolute atomic E-state index is 4.06. The summed E-state index contributed by atoms with van der Waals surface area (Å²) in [6.45, 7) is 11.2. The molecular weight excluding hydrogens is 637 g/mol. The Morgan fingerprint density at radius 3 is 0.827 bits per heavy atom. The van der Waals surface area contributed by atoms with Crippen molar-refractivity contribution in [3.8, 4) is 0 Å². The van der Waals surface area contributed by atoms with Gasteiger partial charge in [-0.05, 0) is 99.6 Å². The molecule has 0 spiro atoms. The fraction of sp³-hybridized carbons (Fsp3) is 0.609. The lowest BCUT2D eigenvalue weighted by Crippen LogP contribution is -2.51. The highest BCUT2D eigenvalue weighted by molar-refractivity contribution is 5.29. The van der Waals surface area contributed by atoms with E-state index in [1.807, 2.05) is 0 Å². The first-order valence-corrected chi connectivity index (χ1v) is 21.2. The summed E-state index contributed by atoms with van der Waals surface area (Å²) in [6, 6.07) is 32.4. The van der Waals surface area contributed by atoms with Crippen LogP contribution in [-0.2, 0) is 13.1 Å².